The van der Waals surface area contributed by atoms with Crippen molar-refractivity contribution < 1.29 is 9.59 Å². The van der Waals surface area contributed by atoms with Crippen molar-refractivity contribution in [1.29, 1.82) is 0 Å². The fraction of sp³-hybridized carbons (Fsp3) is 0.500. The molecule has 114 valence electrons. The third-order valence-corrected chi connectivity index (χ3v) is 3.56. The minimum Gasteiger partial charge on any atom is -0.337 e. The van der Waals surface area contributed by atoms with E-state index < -0.39 is 0 Å². The molecular formula is C16H23N3O2. The van der Waals surface area contributed by atoms with Gasteiger partial charge in [-0.05, 0) is 29.5 Å². The maximum absolute atomic E-state index is 12.6. The first kappa shape index (κ1) is 15.5. The van der Waals surface area contributed by atoms with Crippen molar-refractivity contribution in [1.82, 2.24) is 5.32 Å². The van der Waals surface area contributed by atoms with Crippen LogP contribution in [-0.4, -0.2) is 18.5 Å². The van der Waals surface area contributed by atoms with Crippen LogP contribution in [0.5, 0.6) is 0 Å². The van der Waals surface area contributed by atoms with Crippen LogP contribution < -0.4 is 16.0 Å². The number of hydrogen-bond acceptors (Lipinski definition) is 3. The summed E-state index contributed by atoms with van der Waals surface area (Å²) in [6.45, 7) is 7.13. The summed E-state index contributed by atoms with van der Waals surface area (Å²) in [4.78, 5) is 25.9. The van der Waals surface area contributed by atoms with Crippen molar-refractivity contribution in [2.24, 2.45) is 17.1 Å². The van der Waals surface area contributed by atoms with E-state index in [1.54, 1.807) is 12.1 Å². The van der Waals surface area contributed by atoms with Crippen molar-refractivity contribution in [2.45, 2.75) is 33.7 Å². The molecule has 1 aromatic carbocycles. The number of hydrogen-bond donors (Lipinski definition) is 2. The molecule has 0 radical (unpaired) electrons. The molecule has 1 heterocycles. The van der Waals surface area contributed by atoms with Crippen LogP contribution in [-0.2, 0) is 11.3 Å². The summed E-state index contributed by atoms with van der Waals surface area (Å²) in [5.41, 5.74) is 7.16. The van der Waals surface area contributed by atoms with Gasteiger partial charge in [0, 0.05) is 13.1 Å². The summed E-state index contributed by atoms with van der Waals surface area (Å²) in [5, 5.41) is 2.80. The Morgan fingerprint density at radius 2 is 1.86 bits per heavy atom. The van der Waals surface area contributed by atoms with E-state index in [1.807, 2.05) is 12.1 Å². The summed E-state index contributed by atoms with van der Waals surface area (Å²) < 4.78 is 0. The summed E-state index contributed by atoms with van der Waals surface area (Å²) in [6.07, 6.45) is 0.740. The van der Waals surface area contributed by atoms with E-state index in [4.69, 9.17) is 5.73 Å². The molecule has 0 bridgehead atoms. The molecular weight excluding hydrogens is 266 g/mol. The van der Waals surface area contributed by atoms with Crippen LogP contribution in [0.3, 0.4) is 0 Å². The third kappa shape index (κ3) is 3.61. The number of carbonyl (C=O) groups excluding carboxylic acids is 2. The lowest BCUT2D eigenvalue weighted by Crippen LogP contribution is -2.55. The molecule has 0 aromatic heterocycles. The molecule has 0 spiro atoms. The first-order valence-corrected chi connectivity index (χ1v) is 7.22. The summed E-state index contributed by atoms with van der Waals surface area (Å²) in [5.74, 6) is -0.314. The molecule has 0 saturated carbocycles. The summed E-state index contributed by atoms with van der Waals surface area (Å²) in [7, 11) is 0. The van der Waals surface area contributed by atoms with Gasteiger partial charge in [-0.15, -0.1) is 0 Å². The van der Waals surface area contributed by atoms with E-state index in [-0.39, 0.29) is 23.3 Å². The predicted molar refractivity (Wildman–Crippen MR) is 82.8 cm³/mol. The Bertz CT molecular complexity index is 531. The van der Waals surface area contributed by atoms with Crippen molar-refractivity contribution in [3.05, 3.63) is 29.8 Å². The highest BCUT2D eigenvalue weighted by Crippen LogP contribution is 2.29. The van der Waals surface area contributed by atoms with Gasteiger partial charge >= 0.3 is 6.03 Å². The molecule has 1 aliphatic rings. The Morgan fingerprint density at radius 3 is 2.38 bits per heavy atom. The third-order valence-electron chi connectivity index (χ3n) is 3.56. The highest BCUT2D eigenvalue weighted by atomic mass is 16.2. The number of urea groups is 1. The van der Waals surface area contributed by atoms with Gasteiger partial charge in [0.05, 0.1) is 11.6 Å². The second-order valence-corrected chi connectivity index (χ2v) is 6.69. The number of imide groups is 1. The average molecular weight is 289 g/mol. The first-order chi connectivity index (χ1) is 9.81. The molecule has 1 unspecified atom stereocenters. The molecule has 1 aliphatic heterocycles. The number of nitrogens with two attached hydrogens (primary N) is 1. The number of anilines is 1. The Morgan fingerprint density at radius 1 is 1.24 bits per heavy atom. The fourth-order valence-corrected chi connectivity index (χ4v) is 2.58. The normalized spacial score (nSPS) is 19.6. The number of nitrogens with zero attached hydrogens (tertiary/aromatic N) is 1. The second kappa shape index (κ2) is 5.85. The first-order valence-electron chi connectivity index (χ1n) is 7.22. The van der Waals surface area contributed by atoms with Gasteiger partial charge in [0.15, 0.2) is 0 Å². The molecule has 3 amide bonds. The van der Waals surface area contributed by atoms with Crippen LogP contribution in [0.15, 0.2) is 24.3 Å². The molecule has 5 heteroatoms. The number of carbonyl (C=O) groups is 2. The topological polar surface area (TPSA) is 75.4 Å². The Labute approximate surface area is 125 Å². The Balaban J connectivity index is 2.23. The van der Waals surface area contributed by atoms with Crippen molar-refractivity contribution in [3.63, 3.8) is 0 Å². The fourth-order valence-electron chi connectivity index (χ4n) is 2.58. The van der Waals surface area contributed by atoms with Gasteiger partial charge in [0.25, 0.3) is 0 Å². The van der Waals surface area contributed by atoms with Gasteiger partial charge in [-0.25, -0.2) is 9.69 Å². The van der Waals surface area contributed by atoms with Gasteiger partial charge in [-0.3, -0.25) is 4.79 Å². The van der Waals surface area contributed by atoms with Crippen LogP contribution in [0.1, 0.15) is 32.8 Å². The van der Waals surface area contributed by atoms with Gasteiger partial charge in [0.1, 0.15) is 0 Å². The maximum Gasteiger partial charge on any atom is 0.328 e. The Kier molecular flexibility index (Phi) is 4.32. The molecule has 2 rings (SSSR count). The number of nitrogens with one attached hydrogen (secondary N) is 1. The molecule has 5 nitrogen and oxygen atoms in total. The zero-order valence-corrected chi connectivity index (χ0v) is 12.8. The largest absolute Gasteiger partial charge is 0.337 e. The quantitative estimate of drug-likeness (QED) is 0.896. The highest BCUT2D eigenvalue weighted by molar-refractivity contribution is 6.16. The smallest absolute Gasteiger partial charge is 0.328 e. The number of rotatable bonds is 3. The zero-order valence-electron chi connectivity index (χ0n) is 12.8. The minimum absolute atomic E-state index is 0.0392. The van der Waals surface area contributed by atoms with Gasteiger partial charge in [-0.2, -0.15) is 0 Å². The van der Waals surface area contributed by atoms with E-state index in [0.29, 0.717) is 18.8 Å². The lowest BCUT2D eigenvalue weighted by Gasteiger charge is -2.34. The highest BCUT2D eigenvalue weighted by Gasteiger charge is 2.37. The lowest BCUT2D eigenvalue weighted by atomic mass is 9.83. The van der Waals surface area contributed by atoms with E-state index in [1.165, 1.54) is 4.90 Å². The molecule has 1 saturated heterocycles. The second-order valence-electron chi connectivity index (χ2n) is 6.69. The maximum atomic E-state index is 12.6. The SMILES string of the molecule is CC(C)(C)CC1CNC(=O)N(c2ccc(CN)cc2)C1=O. The Hall–Kier alpha value is -1.88. The summed E-state index contributed by atoms with van der Waals surface area (Å²) in [6, 6.07) is 6.84. The molecule has 1 fully saturated rings. The standard InChI is InChI=1S/C16H23N3O2/c1-16(2,3)8-12-10-18-15(21)19(14(12)20)13-6-4-11(9-17)5-7-13/h4-7,12H,8-10,17H2,1-3H3,(H,18,21). The van der Waals surface area contributed by atoms with Crippen LogP contribution in [0, 0.1) is 11.3 Å². The van der Waals surface area contributed by atoms with E-state index in [2.05, 4.69) is 26.1 Å². The molecule has 21 heavy (non-hydrogen) atoms. The van der Waals surface area contributed by atoms with E-state index >= 15 is 0 Å². The number of amides is 3. The van der Waals surface area contributed by atoms with Crippen LogP contribution in [0.25, 0.3) is 0 Å². The van der Waals surface area contributed by atoms with Gasteiger partial charge < -0.3 is 11.1 Å². The molecule has 3 N–H and O–H groups in total. The number of benzene rings is 1. The molecule has 0 aliphatic carbocycles. The van der Waals surface area contributed by atoms with E-state index in [0.717, 1.165) is 12.0 Å². The minimum atomic E-state index is -0.356. The van der Waals surface area contributed by atoms with E-state index in [9.17, 15) is 9.59 Å². The van der Waals surface area contributed by atoms with Gasteiger partial charge in [-0.1, -0.05) is 32.9 Å². The van der Waals surface area contributed by atoms with Crippen LogP contribution in [0.2, 0.25) is 0 Å². The summed E-state index contributed by atoms with van der Waals surface area (Å²) >= 11 is 0. The lowest BCUT2D eigenvalue weighted by molar-refractivity contribution is -0.123. The predicted octanol–water partition coefficient (Wildman–Crippen LogP) is 2.25. The van der Waals surface area contributed by atoms with Crippen molar-refractivity contribution in [3.8, 4) is 0 Å². The van der Waals surface area contributed by atoms with Crippen LogP contribution in [0.4, 0.5) is 10.5 Å². The molecule has 1 atom stereocenters. The van der Waals surface area contributed by atoms with Crippen molar-refractivity contribution in [2.75, 3.05) is 11.4 Å². The molecule has 1 aromatic rings. The van der Waals surface area contributed by atoms with Crippen molar-refractivity contribution >= 4 is 17.6 Å². The zero-order chi connectivity index (χ0) is 15.6. The van der Waals surface area contributed by atoms with Crippen LogP contribution >= 0.6 is 0 Å². The average Bonchev–Trinajstić information content (AvgIpc) is 2.42. The monoisotopic (exact) mass is 289 g/mol. The van der Waals surface area contributed by atoms with Gasteiger partial charge in [0.2, 0.25) is 5.91 Å².